The predicted molar refractivity (Wildman–Crippen MR) is 51.8 cm³/mol. The van der Waals surface area contributed by atoms with Gasteiger partial charge in [-0.1, -0.05) is 34.8 Å². The number of aromatic nitrogens is 2. The second-order valence-electron chi connectivity index (χ2n) is 2.47. The number of hydrogen-bond acceptors (Lipinski definition) is 2. The van der Waals surface area contributed by atoms with E-state index in [0.29, 0.717) is 18.5 Å². The molecule has 0 saturated heterocycles. The second kappa shape index (κ2) is 4.19. The molecule has 0 radical (unpaired) electrons. The number of alkyl halides is 3. The van der Waals surface area contributed by atoms with Gasteiger partial charge in [0.25, 0.3) is 0 Å². The van der Waals surface area contributed by atoms with E-state index in [1.165, 1.54) is 6.20 Å². The van der Waals surface area contributed by atoms with Crippen molar-refractivity contribution in [1.29, 1.82) is 5.26 Å². The van der Waals surface area contributed by atoms with Crippen molar-refractivity contribution < 1.29 is 0 Å². The summed E-state index contributed by atoms with van der Waals surface area (Å²) in [5, 5.41) is 12.4. The van der Waals surface area contributed by atoms with Crippen LogP contribution in [-0.4, -0.2) is 13.6 Å². The molecule has 0 aromatic carbocycles. The van der Waals surface area contributed by atoms with Crippen LogP contribution < -0.4 is 0 Å². The Bertz CT molecular complexity index is 320. The summed E-state index contributed by atoms with van der Waals surface area (Å²) in [6.45, 7) is 0.484. The van der Waals surface area contributed by atoms with Crippen LogP contribution in [0.4, 0.5) is 0 Å². The zero-order chi connectivity index (χ0) is 9.90. The molecule has 70 valence electrons. The maximum absolute atomic E-state index is 8.50. The van der Waals surface area contributed by atoms with Gasteiger partial charge in [0.15, 0.2) is 3.79 Å². The first-order valence-corrected chi connectivity index (χ1v) is 4.64. The van der Waals surface area contributed by atoms with Crippen molar-refractivity contribution in [2.75, 3.05) is 0 Å². The number of halogens is 3. The van der Waals surface area contributed by atoms with Crippen LogP contribution in [0, 0.1) is 11.3 Å². The zero-order valence-corrected chi connectivity index (χ0v) is 8.81. The Morgan fingerprint density at radius 2 is 2.23 bits per heavy atom. The molecule has 1 aromatic rings. The molecule has 0 aliphatic heterocycles. The number of hydrogen-bond donors (Lipinski definition) is 0. The summed E-state index contributed by atoms with van der Waals surface area (Å²) in [4.78, 5) is 0. The van der Waals surface area contributed by atoms with Crippen LogP contribution in [0.15, 0.2) is 12.4 Å². The van der Waals surface area contributed by atoms with Gasteiger partial charge in [0, 0.05) is 19.2 Å². The van der Waals surface area contributed by atoms with Gasteiger partial charge >= 0.3 is 0 Å². The molecule has 1 aromatic heterocycles. The lowest BCUT2D eigenvalue weighted by molar-refractivity contribution is 0.585. The van der Waals surface area contributed by atoms with E-state index >= 15 is 0 Å². The van der Waals surface area contributed by atoms with E-state index in [1.807, 2.05) is 6.07 Å². The summed E-state index contributed by atoms with van der Waals surface area (Å²) in [5.41, 5.74) is 0.504. The molecule has 3 nitrogen and oxygen atoms in total. The lowest BCUT2D eigenvalue weighted by atomic mass is 10.4. The average molecular weight is 239 g/mol. The smallest absolute Gasteiger partial charge is 0.192 e. The van der Waals surface area contributed by atoms with E-state index < -0.39 is 3.79 Å². The highest BCUT2D eigenvalue weighted by Gasteiger charge is 2.19. The lowest BCUT2D eigenvalue weighted by Gasteiger charge is -2.09. The van der Waals surface area contributed by atoms with Gasteiger partial charge < -0.3 is 0 Å². The molecule has 0 aliphatic rings. The minimum atomic E-state index is -1.27. The molecule has 0 atom stereocenters. The maximum atomic E-state index is 8.50. The molecular formula is C7H6Cl3N3. The van der Waals surface area contributed by atoms with Crippen molar-refractivity contribution in [2.45, 2.75) is 16.8 Å². The molecule has 1 heterocycles. The van der Waals surface area contributed by atoms with Crippen LogP contribution in [0.2, 0.25) is 0 Å². The third kappa shape index (κ3) is 3.86. The van der Waals surface area contributed by atoms with Gasteiger partial charge in [-0.3, -0.25) is 4.68 Å². The van der Waals surface area contributed by atoms with Crippen molar-refractivity contribution in [3.63, 3.8) is 0 Å². The topological polar surface area (TPSA) is 41.6 Å². The van der Waals surface area contributed by atoms with Crippen LogP contribution in [0.25, 0.3) is 0 Å². The van der Waals surface area contributed by atoms with E-state index in [2.05, 4.69) is 5.10 Å². The first-order chi connectivity index (χ1) is 6.01. The Morgan fingerprint density at radius 3 is 2.69 bits per heavy atom. The molecule has 6 heteroatoms. The number of rotatable bonds is 2. The Hall–Kier alpha value is -0.430. The van der Waals surface area contributed by atoms with Gasteiger partial charge in [0.1, 0.15) is 6.07 Å². The van der Waals surface area contributed by atoms with Crippen LogP contribution in [0.3, 0.4) is 0 Å². The Morgan fingerprint density at radius 1 is 1.54 bits per heavy atom. The molecular weight excluding hydrogens is 232 g/mol. The molecule has 1 rings (SSSR count). The van der Waals surface area contributed by atoms with Crippen LogP contribution in [-0.2, 0) is 6.54 Å². The molecule has 0 amide bonds. The van der Waals surface area contributed by atoms with Gasteiger partial charge in [-0.15, -0.1) is 0 Å². The molecule has 0 unspecified atom stereocenters. The predicted octanol–water partition coefficient (Wildman–Crippen LogP) is 2.52. The van der Waals surface area contributed by atoms with E-state index in [-0.39, 0.29) is 0 Å². The third-order valence-corrected chi connectivity index (χ3v) is 1.95. The summed E-state index contributed by atoms with van der Waals surface area (Å²) in [6.07, 6.45) is 3.44. The highest BCUT2D eigenvalue weighted by molar-refractivity contribution is 6.67. The summed E-state index contributed by atoms with van der Waals surface area (Å²) in [6, 6.07) is 1.96. The van der Waals surface area contributed by atoms with Gasteiger partial charge in [-0.25, -0.2) is 0 Å². The van der Waals surface area contributed by atoms with Crippen LogP contribution in [0.1, 0.15) is 12.0 Å². The van der Waals surface area contributed by atoms with E-state index in [4.69, 9.17) is 40.1 Å². The van der Waals surface area contributed by atoms with Gasteiger partial charge in [-0.05, 0) is 0 Å². The largest absolute Gasteiger partial charge is 0.271 e. The minimum Gasteiger partial charge on any atom is -0.271 e. The Kier molecular flexibility index (Phi) is 3.43. The number of nitriles is 1. The fourth-order valence-corrected chi connectivity index (χ4v) is 1.04. The fourth-order valence-electron chi connectivity index (χ4n) is 0.785. The highest BCUT2D eigenvalue weighted by Crippen LogP contribution is 2.30. The molecule has 0 bridgehead atoms. The molecule has 13 heavy (non-hydrogen) atoms. The normalized spacial score (nSPS) is 11.2. The van der Waals surface area contributed by atoms with Crippen molar-refractivity contribution in [3.05, 3.63) is 18.0 Å². The minimum absolute atomic E-state index is 0.365. The lowest BCUT2D eigenvalue weighted by Crippen LogP contribution is -2.08. The standard InChI is InChI=1S/C7H6Cl3N3/c8-7(9,10)1-2-13-5-6(3-11)4-12-13/h4-5H,1-2H2. The van der Waals surface area contributed by atoms with E-state index in [1.54, 1.807) is 10.9 Å². The summed E-state index contributed by atoms with van der Waals surface area (Å²) < 4.78 is 0.305. The first kappa shape index (κ1) is 10.6. The highest BCUT2D eigenvalue weighted by atomic mass is 35.6. The van der Waals surface area contributed by atoms with E-state index in [0.717, 1.165) is 0 Å². The van der Waals surface area contributed by atoms with Crippen LogP contribution in [0.5, 0.6) is 0 Å². The molecule has 0 saturated carbocycles. The summed E-state index contributed by atoms with van der Waals surface area (Å²) in [7, 11) is 0. The quantitative estimate of drug-likeness (QED) is 0.743. The molecule has 0 N–H and O–H groups in total. The fraction of sp³-hybridized carbons (Fsp3) is 0.429. The SMILES string of the molecule is N#Cc1cnn(CCC(Cl)(Cl)Cl)c1. The second-order valence-corrected chi connectivity index (χ2v) is 4.99. The zero-order valence-electron chi connectivity index (χ0n) is 6.54. The Balaban J connectivity index is 2.52. The van der Waals surface area contributed by atoms with Crippen LogP contribution >= 0.6 is 34.8 Å². The Labute approximate surface area is 90.8 Å². The molecule has 0 spiro atoms. The molecule has 0 fully saturated rings. The monoisotopic (exact) mass is 237 g/mol. The van der Waals surface area contributed by atoms with Crippen molar-refractivity contribution >= 4 is 34.8 Å². The van der Waals surface area contributed by atoms with Crippen molar-refractivity contribution in [3.8, 4) is 6.07 Å². The average Bonchev–Trinajstić information content (AvgIpc) is 2.47. The van der Waals surface area contributed by atoms with Gasteiger partial charge in [0.2, 0.25) is 0 Å². The number of nitrogens with zero attached hydrogens (tertiary/aromatic N) is 3. The van der Waals surface area contributed by atoms with Crippen molar-refractivity contribution in [2.24, 2.45) is 0 Å². The molecule has 0 aliphatic carbocycles. The third-order valence-electron chi connectivity index (χ3n) is 1.39. The number of aryl methyl sites for hydroxylation is 1. The summed E-state index contributed by atoms with van der Waals surface area (Å²) in [5.74, 6) is 0. The van der Waals surface area contributed by atoms with Gasteiger partial charge in [0.05, 0.1) is 11.8 Å². The van der Waals surface area contributed by atoms with Crippen molar-refractivity contribution in [1.82, 2.24) is 9.78 Å². The van der Waals surface area contributed by atoms with Gasteiger partial charge in [-0.2, -0.15) is 10.4 Å². The first-order valence-electron chi connectivity index (χ1n) is 3.50. The maximum Gasteiger partial charge on any atom is 0.192 e. The summed E-state index contributed by atoms with van der Waals surface area (Å²) >= 11 is 16.6. The van der Waals surface area contributed by atoms with E-state index in [9.17, 15) is 0 Å².